The minimum atomic E-state index is -4.08. The van der Waals surface area contributed by atoms with Crippen LogP contribution in [-0.2, 0) is 125 Å². The van der Waals surface area contributed by atoms with Gasteiger partial charge in [-0.1, -0.05) is 129 Å². The number of unbranched alkanes of at least 4 members (excludes halogenated alkanes) is 1. The summed E-state index contributed by atoms with van der Waals surface area (Å²) in [7, 11) is -2.26. The lowest BCUT2D eigenvalue weighted by Crippen LogP contribution is -2.60. The Balaban J connectivity index is 0.611. The predicted molar refractivity (Wildman–Crippen MR) is 524 cm³/mol. The normalized spacial score (nSPS) is 22.3. The van der Waals surface area contributed by atoms with E-state index in [0.717, 1.165) is 121 Å². The van der Waals surface area contributed by atoms with Gasteiger partial charge in [0, 0.05) is 68.6 Å². The molecule has 8 amide bonds. The number of nitrogens with two attached hydrogens (primary N) is 1. The van der Waals surface area contributed by atoms with Crippen molar-refractivity contribution in [3.05, 3.63) is 135 Å². The summed E-state index contributed by atoms with van der Waals surface area (Å²) in [6.07, 6.45) is 11.9. The fourth-order valence-electron chi connectivity index (χ4n) is 21.2. The molecule has 0 bridgehead atoms. The summed E-state index contributed by atoms with van der Waals surface area (Å²) in [6, 6.07) is 24.7. The average molecular weight is 1960 g/mol. The topological polar surface area (TPSA) is 476 Å². The molecule has 139 heavy (non-hydrogen) atoms. The lowest BCUT2D eigenvalue weighted by atomic mass is 9.49. The summed E-state index contributed by atoms with van der Waals surface area (Å²) in [4.78, 5) is 147. The SMILES string of the molecule is CN/C1=C(\NN)c2ccccc2N(C(=O)CCC(=O)NCCOCCOCCOCCOCCC(=O)N[C@H](CCCCNC(=O)COC2CCCCCC3=C2NNN3CCOCCOCCOCCOCCOCCP(=O)(O)O)C(=O)N[C@H](C(=O)C[C@@H](C)C(=O)Nc2ccc3c(c2)[C@@]2(C)CCC[C@](C)(C(=O)NC(=O)[C@@]4(C)CCC[C@]5(C)c6cc(O)ccc6CC[C@@H]45)[C@@H]2CC3)C(C)C)Cc2ccccc21. The van der Waals surface area contributed by atoms with Gasteiger partial charge in [-0.15, -0.1) is 5.53 Å². The van der Waals surface area contributed by atoms with Gasteiger partial charge in [-0.25, -0.2) is 0 Å². The maximum absolute atomic E-state index is 15.0. The van der Waals surface area contributed by atoms with E-state index in [1.54, 1.807) is 31.7 Å². The van der Waals surface area contributed by atoms with Gasteiger partial charge in [0.15, 0.2) is 5.78 Å². The number of carbonyl (C=O) groups excluding carboxylic acids is 9. The number of benzene rings is 4. The number of anilines is 2. The number of imide groups is 1. The van der Waals surface area contributed by atoms with E-state index < -0.39 is 65.5 Å². The van der Waals surface area contributed by atoms with E-state index in [-0.39, 0.29) is 195 Å². The fraction of sp³-hybridized carbons (Fsp3) is 0.637. The van der Waals surface area contributed by atoms with Crippen LogP contribution < -0.4 is 64.3 Å². The van der Waals surface area contributed by atoms with Gasteiger partial charge in [0.2, 0.25) is 47.3 Å². The van der Waals surface area contributed by atoms with Crippen molar-refractivity contribution in [2.45, 2.75) is 225 Å². The fourth-order valence-corrected chi connectivity index (χ4v) is 21.6. The molecule has 7 aliphatic rings. The molecule has 4 aromatic rings. The molecule has 2 aliphatic heterocycles. The number of allylic oxidation sites excluding steroid dienone is 1. The Bertz CT molecular complexity index is 4880. The standard InChI is InChI=1S/C102H152N13O23P/c1-69(2)91(83(117)64-70(3)95(122)107-74-31-27-71-29-33-85-99(4,78(71)65-74)38-18-40-101(85,6)97(124)110-98(125)102(7)41-19-39-100(5)79-66-75(116)32-28-72(79)30-34-86(100)102)109-96(123)80(23-16-17-42-105-89(120)68-138-84-26-11-9-10-25-82-94(84)112-113-115(82)44-47-131-50-53-134-56-57-135-58-59-136-60-61-137-62-63-139(126,127)128)108-88(119)37-45-129-48-51-132-54-55-133-52-49-130-46-43-106-87(118)35-36-90(121)114-67-73-20-12-13-21-76(73)92(104-8)93(111-103)77-22-14-15-24-81(77)114/h12-15,20-22,24,27-28,31-32,65-66,69-70,80,84-86,91,104,111-113,116H,9-11,16-19,23,25-26,29-30,33-64,67-68,103H2,1-8H3,(H,105,120)(H,106,118)(H,107,122)(H,108,119)(H,109,123)(H,110,124,125)(H2,126,127,128)/b93-92-/t70-,80-,84?,85-,86-,91+,99-,100-,101+,102+/m1/s1. The summed E-state index contributed by atoms with van der Waals surface area (Å²) in [5.41, 5.74) is 18.5. The third kappa shape index (κ3) is 30.9. The lowest BCUT2D eigenvalue weighted by Gasteiger charge is -2.56. The minimum absolute atomic E-state index is 0.00815. The van der Waals surface area contributed by atoms with E-state index in [2.05, 4.69) is 67.5 Å². The Labute approximate surface area is 817 Å². The highest BCUT2D eigenvalue weighted by molar-refractivity contribution is 7.51. The van der Waals surface area contributed by atoms with Crippen LogP contribution in [0.5, 0.6) is 5.75 Å². The monoisotopic (exact) mass is 1960 g/mol. The molecule has 0 radical (unpaired) electrons. The number of carbonyl (C=O) groups is 9. The van der Waals surface area contributed by atoms with Gasteiger partial charge >= 0.3 is 7.60 Å². The zero-order chi connectivity index (χ0) is 99.5. The van der Waals surface area contributed by atoms with Gasteiger partial charge in [0.1, 0.15) is 24.5 Å². The van der Waals surface area contributed by atoms with Crippen molar-refractivity contribution in [1.82, 2.24) is 53.3 Å². The van der Waals surface area contributed by atoms with E-state index in [9.17, 15) is 48.0 Å². The van der Waals surface area contributed by atoms with E-state index in [1.165, 1.54) is 5.56 Å². The Hall–Kier alpha value is -9.34. The van der Waals surface area contributed by atoms with Gasteiger partial charge in [-0.2, -0.15) is 0 Å². The molecule has 1 unspecified atom stereocenters. The number of aromatic hydroxyl groups is 1. The Kier molecular flexibility index (Phi) is 42.9. The van der Waals surface area contributed by atoms with E-state index in [0.29, 0.717) is 115 Å². The van der Waals surface area contributed by atoms with Crippen LogP contribution in [0.3, 0.4) is 0 Å². The van der Waals surface area contributed by atoms with Crippen LogP contribution in [0, 0.1) is 34.5 Å². The number of nitrogens with zero attached hydrogens (tertiary/aromatic N) is 2. The molecule has 2 saturated carbocycles. The molecular weight excluding hydrogens is 1810 g/mol. The number of rotatable bonds is 57. The van der Waals surface area contributed by atoms with Crippen LogP contribution in [0.25, 0.3) is 11.4 Å². The van der Waals surface area contributed by atoms with Gasteiger partial charge in [0.25, 0.3) is 0 Å². The number of amides is 8. The van der Waals surface area contributed by atoms with Gasteiger partial charge < -0.3 is 110 Å². The summed E-state index contributed by atoms with van der Waals surface area (Å²) < 4.78 is 67.7. The predicted octanol–water partition coefficient (Wildman–Crippen LogP) is 8.76. The van der Waals surface area contributed by atoms with Crippen LogP contribution in [0.1, 0.15) is 216 Å². The second-order valence-corrected chi connectivity index (χ2v) is 40.5. The third-order valence-electron chi connectivity index (χ3n) is 28.7. The molecule has 37 heteroatoms. The highest BCUT2D eigenvalue weighted by Crippen LogP contribution is 2.60. The Morgan fingerprint density at radius 1 is 0.554 bits per heavy atom. The quantitative estimate of drug-likeness (QED) is 0.00645. The second-order valence-electron chi connectivity index (χ2n) is 38.8. The highest BCUT2D eigenvalue weighted by Gasteiger charge is 2.59. The minimum Gasteiger partial charge on any atom is -0.508 e. The van der Waals surface area contributed by atoms with Crippen LogP contribution >= 0.6 is 7.60 Å². The third-order valence-corrected chi connectivity index (χ3v) is 29.5. The van der Waals surface area contributed by atoms with Crippen molar-refractivity contribution in [3.63, 3.8) is 0 Å². The number of ketones is 1. The molecule has 0 spiro atoms. The van der Waals surface area contributed by atoms with E-state index in [4.69, 9.17) is 63.0 Å². The van der Waals surface area contributed by atoms with Gasteiger partial charge in [-0.3, -0.25) is 63.9 Å². The number of hydrogen-bond donors (Lipinski definition) is 14. The second kappa shape index (κ2) is 54.2. The first-order valence-corrected chi connectivity index (χ1v) is 51.7. The molecule has 10 atom stereocenters. The van der Waals surface area contributed by atoms with Crippen molar-refractivity contribution in [1.29, 1.82) is 0 Å². The average Bonchev–Trinajstić information content (AvgIpc) is 0.978. The Morgan fingerprint density at radius 2 is 1.12 bits per heavy atom. The first-order valence-electron chi connectivity index (χ1n) is 49.9. The number of ether oxygens (including phenoxy) is 10. The molecule has 4 aromatic carbocycles. The number of nitrogens with one attached hydrogen (secondary N) is 10. The number of aryl methyl sites for hydroxylation is 2. The number of Topliss-reactive ketones (excluding diaryl/α,β-unsaturated/α-hetero) is 1. The largest absolute Gasteiger partial charge is 0.508 e. The first kappa shape index (κ1) is 110. The van der Waals surface area contributed by atoms with Gasteiger partial charge in [-0.05, 0) is 177 Å². The molecular formula is C102H152N13O23P. The van der Waals surface area contributed by atoms with Crippen LogP contribution in [0.2, 0.25) is 0 Å². The summed E-state index contributed by atoms with van der Waals surface area (Å²) in [5, 5.41) is 33.6. The Morgan fingerprint density at radius 3 is 1.73 bits per heavy atom. The molecule has 5 aliphatic carbocycles. The number of hydrazine groups is 3. The van der Waals surface area contributed by atoms with Crippen molar-refractivity contribution >= 4 is 83.4 Å². The lowest BCUT2D eigenvalue weighted by molar-refractivity contribution is -0.150. The summed E-state index contributed by atoms with van der Waals surface area (Å²) in [5.74, 6) is 1.79. The maximum atomic E-state index is 15.0. The van der Waals surface area contributed by atoms with Crippen molar-refractivity contribution in [2.24, 2.45) is 40.3 Å². The van der Waals surface area contributed by atoms with Crippen molar-refractivity contribution in [3.8, 4) is 5.75 Å². The van der Waals surface area contributed by atoms with E-state index >= 15 is 4.79 Å². The molecule has 2 heterocycles. The van der Waals surface area contributed by atoms with Gasteiger partial charge in [0.05, 0.1) is 184 Å². The molecule has 36 nitrogen and oxygen atoms in total. The molecule has 11 rings (SSSR count). The number of para-hydroxylation sites is 1. The highest BCUT2D eigenvalue weighted by atomic mass is 31.2. The van der Waals surface area contributed by atoms with Crippen LogP contribution in [-0.4, -0.2) is 250 Å². The number of phenolic OH excluding ortho intramolecular Hbond substituents is 1. The molecule has 2 fully saturated rings. The molecule has 768 valence electrons. The summed E-state index contributed by atoms with van der Waals surface area (Å²) >= 11 is 0. The molecule has 0 saturated heterocycles. The maximum Gasteiger partial charge on any atom is 0.327 e. The molecule has 15 N–H and O–H groups in total. The van der Waals surface area contributed by atoms with Crippen molar-refractivity contribution in [2.75, 3.05) is 169 Å². The smallest absolute Gasteiger partial charge is 0.327 e. The summed E-state index contributed by atoms with van der Waals surface area (Å²) in [6.45, 7) is 19.7. The molecule has 0 aromatic heterocycles. The van der Waals surface area contributed by atoms with Crippen molar-refractivity contribution < 1.29 is 110 Å². The first-order chi connectivity index (χ1) is 66.9. The van der Waals surface area contributed by atoms with Crippen LogP contribution in [0.4, 0.5) is 11.4 Å². The van der Waals surface area contributed by atoms with E-state index in [1.807, 2.05) is 105 Å². The number of fused-ring (bicyclic) bond motifs is 8. The van der Waals surface area contributed by atoms with Crippen LogP contribution in [0.15, 0.2) is 96.3 Å². The zero-order valence-electron chi connectivity index (χ0n) is 82.6. The number of hydrogen-bond acceptors (Lipinski definition) is 27. The zero-order valence-corrected chi connectivity index (χ0v) is 83.5. The number of phenols is 1.